The van der Waals surface area contributed by atoms with E-state index in [2.05, 4.69) is 10.6 Å². The Bertz CT molecular complexity index is 830. The Kier molecular flexibility index (Phi) is 5.78. The van der Waals surface area contributed by atoms with Gasteiger partial charge in [-0.1, -0.05) is 6.07 Å². The van der Waals surface area contributed by atoms with Crippen LogP contribution in [0.3, 0.4) is 0 Å². The smallest absolute Gasteiger partial charge is 0.270 e. The third kappa shape index (κ3) is 4.28. The van der Waals surface area contributed by atoms with Gasteiger partial charge in [0.05, 0.1) is 9.82 Å². The summed E-state index contributed by atoms with van der Waals surface area (Å²) in [4.78, 5) is 22.6. The maximum absolute atomic E-state index is 12.9. The first kappa shape index (κ1) is 19.7. The molecule has 0 aliphatic carbocycles. The van der Waals surface area contributed by atoms with E-state index in [9.17, 15) is 23.3 Å². The van der Waals surface area contributed by atoms with Gasteiger partial charge in [0.2, 0.25) is 15.9 Å². The molecule has 0 bridgehead atoms. The lowest BCUT2D eigenvalue weighted by atomic mass is 9.96. The standard InChI is InChI=1S/C17H24N4O5S/c1-12-2-3-15(21(23)24)8-16(12)27(25,26)20-6-4-14(5-7-20)17(22)19-11-13-9-18-10-13/h2-3,8,13-14,18H,4-7,9-11H2,1H3,(H,19,22). The number of hydrogen-bond donors (Lipinski definition) is 2. The number of sulfonamides is 1. The van der Waals surface area contributed by atoms with E-state index in [0.717, 1.165) is 19.2 Å². The van der Waals surface area contributed by atoms with Crippen LogP contribution in [0.15, 0.2) is 23.1 Å². The summed E-state index contributed by atoms with van der Waals surface area (Å²) in [5.41, 5.74) is 0.216. The first-order valence-electron chi connectivity index (χ1n) is 9.02. The Labute approximate surface area is 158 Å². The van der Waals surface area contributed by atoms with Gasteiger partial charge in [-0.25, -0.2) is 8.42 Å². The molecular weight excluding hydrogens is 372 g/mol. The van der Waals surface area contributed by atoms with Gasteiger partial charge in [-0.15, -0.1) is 0 Å². The van der Waals surface area contributed by atoms with Crippen LogP contribution in [0.2, 0.25) is 0 Å². The Hall–Kier alpha value is -2.04. The molecule has 0 unspecified atom stereocenters. The molecule has 0 atom stereocenters. The molecule has 0 saturated carbocycles. The molecule has 0 radical (unpaired) electrons. The van der Waals surface area contributed by atoms with Crippen molar-refractivity contribution in [1.29, 1.82) is 0 Å². The van der Waals surface area contributed by atoms with Crippen molar-refractivity contribution in [3.8, 4) is 0 Å². The van der Waals surface area contributed by atoms with Crippen molar-refractivity contribution in [2.45, 2.75) is 24.7 Å². The summed E-state index contributed by atoms with van der Waals surface area (Å²) in [6, 6.07) is 3.85. The van der Waals surface area contributed by atoms with Gasteiger partial charge in [-0.2, -0.15) is 4.31 Å². The minimum absolute atomic E-state index is 0.0227. The molecule has 2 heterocycles. The summed E-state index contributed by atoms with van der Waals surface area (Å²) in [6.45, 7) is 4.56. The average molecular weight is 396 g/mol. The number of nitrogens with zero attached hydrogens (tertiary/aromatic N) is 2. The third-order valence-electron chi connectivity index (χ3n) is 5.26. The number of amides is 1. The predicted octanol–water partition coefficient (Wildman–Crippen LogP) is 0.640. The number of rotatable bonds is 6. The van der Waals surface area contributed by atoms with Gasteiger partial charge in [0.1, 0.15) is 0 Å². The van der Waals surface area contributed by atoms with Crippen LogP contribution in [-0.4, -0.2) is 56.3 Å². The highest BCUT2D eigenvalue weighted by molar-refractivity contribution is 7.89. The number of benzene rings is 1. The van der Waals surface area contributed by atoms with Gasteiger partial charge in [-0.3, -0.25) is 14.9 Å². The lowest BCUT2D eigenvalue weighted by Gasteiger charge is -2.32. The minimum atomic E-state index is -3.83. The van der Waals surface area contributed by atoms with Gasteiger partial charge >= 0.3 is 0 Å². The molecule has 148 valence electrons. The van der Waals surface area contributed by atoms with Crippen LogP contribution >= 0.6 is 0 Å². The Morgan fingerprint density at radius 2 is 2.00 bits per heavy atom. The fourth-order valence-electron chi connectivity index (χ4n) is 3.36. The summed E-state index contributed by atoms with van der Waals surface area (Å²) in [7, 11) is -3.83. The lowest BCUT2D eigenvalue weighted by Crippen LogP contribution is -2.50. The van der Waals surface area contributed by atoms with Crippen molar-refractivity contribution < 1.29 is 18.1 Å². The molecule has 3 rings (SSSR count). The molecule has 10 heteroatoms. The van der Waals surface area contributed by atoms with Crippen molar-refractivity contribution in [3.05, 3.63) is 33.9 Å². The number of carbonyl (C=O) groups is 1. The van der Waals surface area contributed by atoms with Crippen LogP contribution in [0.25, 0.3) is 0 Å². The molecule has 2 saturated heterocycles. The van der Waals surface area contributed by atoms with Crippen LogP contribution in [0.4, 0.5) is 5.69 Å². The van der Waals surface area contributed by atoms with Crippen LogP contribution in [-0.2, 0) is 14.8 Å². The zero-order valence-electron chi connectivity index (χ0n) is 15.2. The predicted molar refractivity (Wildman–Crippen MR) is 98.7 cm³/mol. The fraction of sp³-hybridized carbons (Fsp3) is 0.588. The van der Waals surface area contributed by atoms with Gasteiger partial charge in [-0.05, 0) is 25.3 Å². The second kappa shape index (κ2) is 7.91. The molecule has 0 aromatic heterocycles. The number of nitrogens with one attached hydrogen (secondary N) is 2. The maximum atomic E-state index is 12.9. The first-order valence-corrected chi connectivity index (χ1v) is 10.5. The zero-order valence-corrected chi connectivity index (χ0v) is 16.0. The zero-order chi connectivity index (χ0) is 19.6. The van der Waals surface area contributed by atoms with Crippen LogP contribution < -0.4 is 10.6 Å². The van der Waals surface area contributed by atoms with Crippen LogP contribution in [0.1, 0.15) is 18.4 Å². The van der Waals surface area contributed by atoms with Crippen molar-refractivity contribution in [3.63, 3.8) is 0 Å². The van der Waals surface area contributed by atoms with Gasteiger partial charge in [0.15, 0.2) is 0 Å². The number of nitro benzene ring substituents is 1. The summed E-state index contributed by atoms with van der Waals surface area (Å²) in [5, 5.41) is 17.1. The van der Waals surface area contributed by atoms with Gasteiger partial charge in [0.25, 0.3) is 5.69 Å². The van der Waals surface area contributed by atoms with Crippen LogP contribution in [0, 0.1) is 28.9 Å². The number of carbonyl (C=O) groups excluding carboxylic acids is 1. The molecule has 2 N–H and O–H groups in total. The molecular formula is C17H24N4O5S. The van der Waals surface area contributed by atoms with Crippen molar-refractivity contribution in [2.24, 2.45) is 11.8 Å². The van der Waals surface area contributed by atoms with E-state index < -0.39 is 14.9 Å². The van der Waals surface area contributed by atoms with Crippen LogP contribution in [0.5, 0.6) is 0 Å². The highest BCUT2D eigenvalue weighted by Crippen LogP contribution is 2.28. The van der Waals surface area contributed by atoms with E-state index in [1.807, 2.05) is 0 Å². The van der Waals surface area contributed by atoms with E-state index in [1.165, 1.54) is 16.4 Å². The molecule has 1 aromatic carbocycles. The Morgan fingerprint density at radius 3 is 2.56 bits per heavy atom. The molecule has 1 aromatic rings. The van der Waals surface area contributed by atoms with E-state index in [0.29, 0.717) is 30.9 Å². The molecule has 2 fully saturated rings. The lowest BCUT2D eigenvalue weighted by molar-refractivity contribution is -0.385. The van der Waals surface area contributed by atoms with Gasteiger partial charge in [0, 0.05) is 56.7 Å². The maximum Gasteiger partial charge on any atom is 0.270 e. The normalized spacial score (nSPS) is 19.4. The SMILES string of the molecule is Cc1ccc([N+](=O)[O-])cc1S(=O)(=O)N1CCC(C(=O)NCC2CNC2)CC1. The van der Waals surface area contributed by atoms with E-state index in [1.54, 1.807) is 6.92 Å². The second-order valence-corrected chi connectivity index (χ2v) is 9.06. The number of aryl methyl sites for hydroxylation is 1. The Balaban J connectivity index is 1.63. The topological polar surface area (TPSA) is 122 Å². The van der Waals surface area contributed by atoms with Crippen molar-refractivity contribution in [2.75, 3.05) is 32.7 Å². The monoisotopic (exact) mass is 396 g/mol. The van der Waals surface area contributed by atoms with Crippen molar-refractivity contribution >= 4 is 21.6 Å². The Morgan fingerprint density at radius 1 is 1.33 bits per heavy atom. The first-order chi connectivity index (χ1) is 12.8. The fourth-order valence-corrected chi connectivity index (χ4v) is 5.07. The summed E-state index contributed by atoms with van der Waals surface area (Å²) in [6.07, 6.45) is 0.893. The molecule has 9 nitrogen and oxygen atoms in total. The number of piperidine rings is 1. The minimum Gasteiger partial charge on any atom is -0.355 e. The number of non-ortho nitro benzene ring substituents is 1. The summed E-state index contributed by atoms with van der Waals surface area (Å²) >= 11 is 0. The summed E-state index contributed by atoms with van der Waals surface area (Å²) < 4.78 is 27.2. The third-order valence-corrected chi connectivity index (χ3v) is 7.30. The average Bonchev–Trinajstić information content (AvgIpc) is 2.60. The van der Waals surface area contributed by atoms with E-state index in [4.69, 9.17) is 0 Å². The quantitative estimate of drug-likeness (QED) is 0.538. The molecule has 2 aliphatic heterocycles. The second-order valence-electron chi connectivity index (χ2n) is 7.15. The van der Waals surface area contributed by atoms with Crippen molar-refractivity contribution in [1.82, 2.24) is 14.9 Å². The number of nitro groups is 1. The highest BCUT2D eigenvalue weighted by Gasteiger charge is 2.33. The summed E-state index contributed by atoms with van der Waals surface area (Å²) in [5.74, 6) is 0.257. The molecule has 27 heavy (non-hydrogen) atoms. The van der Waals surface area contributed by atoms with E-state index >= 15 is 0 Å². The van der Waals surface area contributed by atoms with E-state index in [-0.39, 0.29) is 35.5 Å². The number of hydrogen-bond acceptors (Lipinski definition) is 6. The molecule has 1 amide bonds. The highest BCUT2D eigenvalue weighted by atomic mass is 32.2. The van der Waals surface area contributed by atoms with Gasteiger partial charge < -0.3 is 10.6 Å². The molecule has 2 aliphatic rings. The largest absolute Gasteiger partial charge is 0.355 e. The molecule has 0 spiro atoms.